The van der Waals surface area contributed by atoms with E-state index in [0.29, 0.717) is 52.1 Å². The van der Waals surface area contributed by atoms with E-state index in [-0.39, 0.29) is 127 Å². The Morgan fingerprint density at radius 3 is 0.815 bits per heavy atom. The van der Waals surface area contributed by atoms with Gasteiger partial charge in [0, 0.05) is 51.4 Å². The zero-order valence-electron chi connectivity index (χ0n) is 87.1. The number of esters is 6. The van der Waals surface area contributed by atoms with Crippen molar-refractivity contribution in [2.24, 2.45) is 0 Å². The molecule has 0 spiro atoms. The molecule has 0 amide bonds. The molecular formula is C124H166O22. The van der Waals surface area contributed by atoms with Gasteiger partial charge in [-0.25, -0.2) is 0 Å². The SMILES string of the molecule is CCCCCC[C@H](C/C=C\CCCCCCCC(=O)OCCCCCCCCCCOC(=O)CCCCCCC/C=C\C[C@@H](CCCCCC)OC(=O)CCCC(=O)O[C@@H]1OC(COCc2ccccc2)[C@H](OCc2ccccc2)C(OCc2ccccc2)C1OCc1ccccc1)OC(=O)CCCC(=O)O[C@@H]1OC(COCc2ccccc2)[C@H](OCc2ccccc2)C(OCc2ccccc2)C1OCc1ccccc1. The highest BCUT2D eigenvalue weighted by Gasteiger charge is 2.52. The van der Waals surface area contributed by atoms with E-state index in [2.05, 4.69) is 38.2 Å². The van der Waals surface area contributed by atoms with Gasteiger partial charge < -0.3 is 75.8 Å². The quantitative estimate of drug-likeness (QED) is 0.0149. The van der Waals surface area contributed by atoms with Gasteiger partial charge in [-0.15, -0.1) is 0 Å². The predicted octanol–water partition coefficient (Wildman–Crippen LogP) is 27.1. The van der Waals surface area contributed by atoms with Crippen LogP contribution in [0.3, 0.4) is 0 Å². The maximum absolute atomic E-state index is 14.0. The van der Waals surface area contributed by atoms with Gasteiger partial charge in [0.1, 0.15) is 61.0 Å². The molecule has 2 saturated heterocycles. The lowest BCUT2D eigenvalue weighted by atomic mass is 9.97. The van der Waals surface area contributed by atoms with Crippen LogP contribution in [-0.4, -0.2) is 136 Å². The zero-order valence-corrected chi connectivity index (χ0v) is 87.1. The number of carbonyl (C=O) groups excluding carboxylic acids is 6. The van der Waals surface area contributed by atoms with Crippen molar-refractivity contribution in [2.75, 3.05) is 26.4 Å². The standard InChI is InChI=1S/C124H166O22/c1-3-5-7-51-77-107(141-113(127)83-59-85-115(129)145-123-121(139-95-105-73-47-33-48-74-105)119(137-93-103-69-43-31-44-70-103)117(135-91-101-65-39-29-40-66-101)109(143-123)97-131-89-99-61-35-27-36-62-99)79-53-21-15-9-11-17-23-55-81-111(125)133-87-57-25-19-13-14-20-26-58-88-134-112(126)82-56-24-18-12-10-16-22-54-80-108(78-52-8-6-4-2)142-114(128)84-60-86-116(130)146-124-122(140-96-106-75-49-34-50-76-106)120(138-94-104-71-45-32-46-72-104)118(136-92-102-67-41-30-42-68-102)110(144-124)98-132-90-100-63-37-28-38-64-100/h21-22,27-50,53-54,61-76,107-110,117-124H,3-20,23-26,51-52,55-60,77-98H2,1-2H3/b53-21-,54-22-/t107-,108-,109?,110?,117+,118+,119?,120?,121?,122?,123+,124+/m1/s1. The lowest BCUT2D eigenvalue weighted by Crippen LogP contribution is -2.62. The van der Waals surface area contributed by atoms with E-state index in [1.807, 2.05) is 243 Å². The number of benzene rings is 8. The topological polar surface area (TPSA) is 250 Å². The summed E-state index contributed by atoms with van der Waals surface area (Å²) in [4.78, 5) is 80.3. The molecule has 0 bridgehead atoms. The van der Waals surface area contributed by atoms with Gasteiger partial charge >= 0.3 is 35.8 Å². The van der Waals surface area contributed by atoms with Crippen molar-refractivity contribution in [3.8, 4) is 0 Å². The second-order valence-corrected chi connectivity index (χ2v) is 38.6. The first kappa shape index (κ1) is 118. The van der Waals surface area contributed by atoms with Crippen LogP contribution >= 0.6 is 0 Å². The Balaban J connectivity index is 0.531. The van der Waals surface area contributed by atoms with Crippen molar-refractivity contribution in [1.29, 1.82) is 0 Å². The highest BCUT2D eigenvalue weighted by Crippen LogP contribution is 2.36. The number of rotatable bonds is 79. The second kappa shape index (κ2) is 74.5. The first-order chi connectivity index (χ1) is 71.9. The van der Waals surface area contributed by atoms with Crippen LogP contribution in [-0.2, 0) is 157 Å². The molecule has 0 N–H and O–H groups in total. The number of unbranched alkanes of at least 4 members (excludes halogenated alkanes) is 23. The third-order valence-corrected chi connectivity index (χ3v) is 26.3. The summed E-state index contributed by atoms with van der Waals surface area (Å²) in [5.74, 6) is -2.01. The van der Waals surface area contributed by atoms with Gasteiger partial charge in [0.15, 0.2) is 0 Å². The highest BCUT2D eigenvalue weighted by molar-refractivity contribution is 5.74. The van der Waals surface area contributed by atoms with Crippen molar-refractivity contribution < 1.29 is 105 Å². The molecule has 8 aromatic rings. The predicted molar refractivity (Wildman–Crippen MR) is 568 cm³/mol. The Labute approximate surface area is 870 Å². The first-order valence-electron chi connectivity index (χ1n) is 54.8. The Bertz CT molecular complexity index is 4470. The second-order valence-electron chi connectivity index (χ2n) is 38.6. The number of allylic oxidation sites excluding steroid dienone is 2. The van der Waals surface area contributed by atoms with Gasteiger partial charge in [-0.1, -0.05) is 396 Å². The maximum atomic E-state index is 14.0. The van der Waals surface area contributed by atoms with Crippen molar-refractivity contribution in [3.05, 3.63) is 311 Å². The summed E-state index contributed by atoms with van der Waals surface area (Å²) >= 11 is 0. The van der Waals surface area contributed by atoms with Gasteiger partial charge in [-0.2, -0.15) is 0 Å². The normalized spacial score (nSPS) is 18.2. The number of hydrogen-bond acceptors (Lipinski definition) is 22. The Morgan fingerprint density at radius 1 is 0.253 bits per heavy atom. The fourth-order valence-corrected chi connectivity index (χ4v) is 18.0. The van der Waals surface area contributed by atoms with Crippen LogP contribution in [0.1, 0.15) is 315 Å². The molecule has 0 aromatic heterocycles. The molecule has 8 aromatic carbocycles. The van der Waals surface area contributed by atoms with Crippen LogP contribution in [0.2, 0.25) is 0 Å². The smallest absolute Gasteiger partial charge is 0.308 e. The average molecular weight is 2010 g/mol. The minimum absolute atomic E-state index is 0.0469. The van der Waals surface area contributed by atoms with E-state index in [1.165, 1.54) is 0 Å². The Kier molecular flexibility index (Phi) is 60.0. The van der Waals surface area contributed by atoms with E-state index in [1.54, 1.807) is 0 Å². The molecule has 794 valence electrons. The minimum Gasteiger partial charge on any atom is -0.466 e. The molecule has 0 aliphatic carbocycles. The van der Waals surface area contributed by atoms with Crippen LogP contribution in [0.15, 0.2) is 267 Å². The fourth-order valence-electron chi connectivity index (χ4n) is 18.0. The molecule has 10 rings (SSSR count). The van der Waals surface area contributed by atoms with Gasteiger partial charge in [0.25, 0.3) is 0 Å². The molecule has 2 fully saturated rings. The van der Waals surface area contributed by atoms with E-state index in [0.717, 1.165) is 237 Å². The van der Waals surface area contributed by atoms with E-state index in [4.69, 9.17) is 75.8 Å². The molecule has 0 saturated carbocycles. The van der Waals surface area contributed by atoms with Crippen molar-refractivity contribution >= 4 is 35.8 Å². The molecule has 22 heteroatoms. The molecule has 2 aliphatic rings. The lowest BCUT2D eigenvalue weighted by molar-refractivity contribution is -0.320. The highest BCUT2D eigenvalue weighted by atomic mass is 16.8. The van der Waals surface area contributed by atoms with Gasteiger partial charge in [0.05, 0.1) is 79.3 Å². The van der Waals surface area contributed by atoms with Gasteiger partial charge in [-0.05, 0) is 134 Å². The lowest BCUT2D eigenvalue weighted by Gasteiger charge is -2.45. The third-order valence-electron chi connectivity index (χ3n) is 26.3. The van der Waals surface area contributed by atoms with Crippen LogP contribution in [0.25, 0.3) is 0 Å². The Hall–Kier alpha value is -10.3. The molecule has 0 radical (unpaired) electrons. The molecule has 146 heavy (non-hydrogen) atoms. The van der Waals surface area contributed by atoms with Crippen molar-refractivity contribution in [2.45, 2.75) is 397 Å². The molecule has 6 unspecified atom stereocenters. The Morgan fingerprint density at radius 2 is 0.507 bits per heavy atom. The van der Waals surface area contributed by atoms with Crippen molar-refractivity contribution in [3.63, 3.8) is 0 Å². The summed E-state index contributed by atoms with van der Waals surface area (Å²) < 4.78 is 103. The van der Waals surface area contributed by atoms with E-state index < -0.39 is 73.4 Å². The number of hydrogen-bond donors (Lipinski definition) is 0. The van der Waals surface area contributed by atoms with Crippen LogP contribution in [0.5, 0.6) is 0 Å². The summed E-state index contributed by atoms with van der Waals surface area (Å²) in [5, 5.41) is 0. The van der Waals surface area contributed by atoms with Crippen LogP contribution in [0, 0.1) is 0 Å². The van der Waals surface area contributed by atoms with Gasteiger partial charge in [0.2, 0.25) is 12.6 Å². The minimum atomic E-state index is -1.21. The molecule has 12 atom stereocenters. The first-order valence-corrected chi connectivity index (χ1v) is 54.8. The number of carbonyl (C=O) groups is 6. The largest absolute Gasteiger partial charge is 0.466 e. The molecule has 22 nitrogen and oxygen atoms in total. The summed E-state index contributed by atoms with van der Waals surface area (Å²) in [6, 6.07) is 78.9. The van der Waals surface area contributed by atoms with Gasteiger partial charge in [-0.3, -0.25) is 28.8 Å². The summed E-state index contributed by atoms with van der Waals surface area (Å²) in [5.41, 5.74) is 7.66. The van der Waals surface area contributed by atoms with Crippen molar-refractivity contribution in [1.82, 2.24) is 0 Å². The van der Waals surface area contributed by atoms with E-state index >= 15 is 0 Å². The zero-order chi connectivity index (χ0) is 102. The molecule has 2 aliphatic heterocycles. The monoisotopic (exact) mass is 2010 g/mol. The van der Waals surface area contributed by atoms with E-state index in [9.17, 15) is 28.8 Å². The average Bonchev–Trinajstić information content (AvgIpc) is 0.787. The number of ether oxygens (including phenoxy) is 16. The molecule has 2 heterocycles. The summed E-state index contributed by atoms with van der Waals surface area (Å²) in [7, 11) is 0. The van der Waals surface area contributed by atoms with Crippen LogP contribution in [0.4, 0.5) is 0 Å². The fraction of sp³-hybridized carbons (Fsp3) is 0.532. The summed E-state index contributed by atoms with van der Waals surface area (Å²) in [6.07, 6.45) is 32.1. The van der Waals surface area contributed by atoms with Crippen LogP contribution < -0.4 is 0 Å². The summed E-state index contributed by atoms with van der Waals surface area (Å²) in [6.45, 7) is 7.52. The third kappa shape index (κ3) is 50.1. The maximum Gasteiger partial charge on any atom is 0.308 e. The molecular weight excluding hydrogens is 1840 g/mol.